The smallest absolute Gasteiger partial charge is 0.211 e. The minimum absolute atomic E-state index is 0.0840. The molecule has 0 radical (unpaired) electrons. The summed E-state index contributed by atoms with van der Waals surface area (Å²) in [5.41, 5.74) is 1.17. The van der Waals surface area contributed by atoms with E-state index in [0.717, 1.165) is 23.9 Å². The highest BCUT2D eigenvalue weighted by atomic mass is 79.9. The van der Waals surface area contributed by atoms with Gasteiger partial charge in [-0.3, -0.25) is 4.90 Å². The number of benzene rings is 1. The molecule has 2 aliphatic rings. The van der Waals surface area contributed by atoms with E-state index in [0.29, 0.717) is 13.1 Å². The van der Waals surface area contributed by atoms with Gasteiger partial charge in [0.05, 0.1) is 12.9 Å². The number of hydrogen-bond donors (Lipinski definition) is 1. The van der Waals surface area contributed by atoms with Crippen LogP contribution < -0.4 is 0 Å². The molecule has 0 aromatic heterocycles. The first kappa shape index (κ1) is 17.4. The molecule has 5 nitrogen and oxygen atoms in total. The van der Waals surface area contributed by atoms with Crippen LogP contribution in [0.5, 0.6) is 0 Å². The van der Waals surface area contributed by atoms with Crippen LogP contribution in [0.2, 0.25) is 0 Å². The number of rotatable bonds is 3. The Morgan fingerprint density at radius 3 is 2.48 bits per heavy atom. The van der Waals surface area contributed by atoms with Crippen molar-refractivity contribution in [2.75, 3.05) is 32.5 Å². The van der Waals surface area contributed by atoms with E-state index in [1.165, 1.54) is 11.8 Å². The fourth-order valence-corrected chi connectivity index (χ4v) is 5.04. The summed E-state index contributed by atoms with van der Waals surface area (Å²) in [7, 11) is -3.19. The zero-order chi connectivity index (χ0) is 16.6. The first-order chi connectivity index (χ1) is 10.9. The minimum atomic E-state index is -3.19. The van der Waals surface area contributed by atoms with Gasteiger partial charge in [-0.05, 0) is 37.1 Å². The van der Waals surface area contributed by atoms with Crippen LogP contribution in [-0.4, -0.2) is 67.3 Å². The highest BCUT2D eigenvalue weighted by Crippen LogP contribution is 2.42. The number of aliphatic hydroxyl groups excluding tert-OH is 1. The van der Waals surface area contributed by atoms with Gasteiger partial charge in [0.2, 0.25) is 10.0 Å². The Labute approximate surface area is 146 Å². The van der Waals surface area contributed by atoms with Crippen LogP contribution in [0, 0.1) is 0 Å². The molecule has 3 rings (SSSR count). The molecule has 1 aromatic rings. The van der Waals surface area contributed by atoms with E-state index in [2.05, 4.69) is 33.0 Å². The number of fused-ring (bicyclic) bond motifs is 1. The number of nitrogens with zero attached hydrogens (tertiary/aromatic N) is 2. The second-order valence-corrected chi connectivity index (χ2v) is 9.36. The van der Waals surface area contributed by atoms with Gasteiger partial charge in [-0.1, -0.05) is 28.1 Å². The lowest BCUT2D eigenvalue weighted by Crippen LogP contribution is -2.67. The van der Waals surface area contributed by atoms with E-state index in [-0.39, 0.29) is 24.6 Å². The summed E-state index contributed by atoms with van der Waals surface area (Å²) < 4.78 is 26.7. The molecule has 3 atom stereocenters. The molecule has 0 aliphatic carbocycles. The normalized spacial score (nSPS) is 30.1. The van der Waals surface area contributed by atoms with E-state index in [4.69, 9.17) is 0 Å². The van der Waals surface area contributed by atoms with E-state index < -0.39 is 10.0 Å². The fourth-order valence-electron chi connectivity index (χ4n) is 3.89. The number of halogens is 1. The summed E-state index contributed by atoms with van der Waals surface area (Å²) in [5, 5.41) is 9.82. The zero-order valence-corrected chi connectivity index (χ0v) is 15.6. The van der Waals surface area contributed by atoms with Crippen molar-refractivity contribution in [3.63, 3.8) is 0 Å². The molecule has 128 valence electrons. The average Bonchev–Trinajstić information content (AvgIpc) is 2.46. The van der Waals surface area contributed by atoms with Crippen LogP contribution in [-0.2, 0) is 10.0 Å². The second-order valence-electron chi connectivity index (χ2n) is 6.46. The molecule has 0 amide bonds. The standard InChI is InChI=1S/C16H23BrN2O3S/c1-23(21,22)18-8-2-3-9-19-14(10-18)16(15(19)11-20)12-4-6-13(17)7-5-12/h4-7,14-16,20H,2-3,8-11H2,1H3/t14-,15-,16+/m1/s1. The van der Waals surface area contributed by atoms with Crippen molar-refractivity contribution in [3.05, 3.63) is 34.3 Å². The number of aliphatic hydroxyl groups is 1. The van der Waals surface area contributed by atoms with Crippen LogP contribution >= 0.6 is 15.9 Å². The summed E-state index contributed by atoms with van der Waals surface area (Å²) in [4.78, 5) is 2.28. The van der Waals surface area contributed by atoms with Crippen molar-refractivity contribution >= 4 is 26.0 Å². The van der Waals surface area contributed by atoms with Crippen molar-refractivity contribution in [2.24, 2.45) is 0 Å². The zero-order valence-electron chi connectivity index (χ0n) is 13.2. The van der Waals surface area contributed by atoms with Crippen LogP contribution in [0.15, 0.2) is 28.7 Å². The maximum atomic E-state index is 12.0. The van der Waals surface area contributed by atoms with Gasteiger partial charge in [-0.25, -0.2) is 12.7 Å². The Kier molecular flexibility index (Phi) is 5.13. The van der Waals surface area contributed by atoms with Crippen molar-refractivity contribution in [3.8, 4) is 0 Å². The molecule has 7 heteroatoms. The summed E-state index contributed by atoms with van der Waals surface area (Å²) in [6.07, 6.45) is 3.12. The topological polar surface area (TPSA) is 60.9 Å². The minimum Gasteiger partial charge on any atom is -0.395 e. The Balaban J connectivity index is 1.88. The lowest BCUT2D eigenvalue weighted by molar-refractivity contribution is -0.0553. The third-order valence-electron chi connectivity index (χ3n) is 5.06. The fraction of sp³-hybridized carbons (Fsp3) is 0.625. The molecule has 2 aliphatic heterocycles. The molecule has 1 N–H and O–H groups in total. The van der Waals surface area contributed by atoms with Crippen molar-refractivity contribution in [1.29, 1.82) is 0 Å². The van der Waals surface area contributed by atoms with E-state index in [1.54, 1.807) is 4.31 Å². The Morgan fingerprint density at radius 1 is 1.22 bits per heavy atom. The summed E-state index contributed by atoms with van der Waals surface area (Å²) >= 11 is 3.45. The van der Waals surface area contributed by atoms with Gasteiger partial charge in [-0.2, -0.15) is 0 Å². The Morgan fingerprint density at radius 2 is 1.87 bits per heavy atom. The summed E-state index contributed by atoms with van der Waals surface area (Å²) in [6.45, 7) is 2.15. The van der Waals surface area contributed by atoms with Gasteiger partial charge in [0.1, 0.15) is 0 Å². The monoisotopic (exact) mass is 402 g/mol. The molecular weight excluding hydrogens is 380 g/mol. The third kappa shape index (κ3) is 3.49. The molecule has 0 bridgehead atoms. The summed E-state index contributed by atoms with van der Waals surface area (Å²) in [6, 6.07) is 8.37. The van der Waals surface area contributed by atoms with Crippen LogP contribution in [0.25, 0.3) is 0 Å². The second kappa shape index (κ2) is 6.80. The van der Waals surface area contributed by atoms with E-state index in [1.807, 2.05) is 12.1 Å². The van der Waals surface area contributed by atoms with Gasteiger partial charge in [0.25, 0.3) is 0 Å². The van der Waals surface area contributed by atoms with Crippen LogP contribution in [0.3, 0.4) is 0 Å². The van der Waals surface area contributed by atoms with Crippen molar-refractivity contribution in [1.82, 2.24) is 9.21 Å². The molecule has 2 saturated heterocycles. The third-order valence-corrected chi connectivity index (χ3v) is 6.85. The quantitative estimate of drug-likeness (QED) is 0.834. The predicted octanol–water partition coefficient (Wildman–Crippen LogP) is 1.63. The maximum Gasteiger partial charge on any atom is 0.211 e. The van der Waals surface area contributed by atoms with Crippen LogP contribution in [0.1, 0.15) is 24.3 Å². The maximum absolute atomic E-state index is 12.0. The molecule has 0 spiro atoms. The average molecular weight is 403 g/mol. The lowest BCUT2D eigenvalue weighted by Gasteiger charge is -2.57. The molecule has 2 heterocycles. The van der Waals surface area contributed by atoms with E-state index in [9.17, 15) is 13.5 Å². The Hall–Kier alpha value is -0.470. The molecular formula is C16H23BrN2O3S. The first-order valence-electron chi connectivity index (χ1n) is 7.99. The molecule has 2 fully saturated rings. The summed E-state index contributed by atoms with van der Waals surface area (Å²) in [5.74, 6) is 0.176. The van der Waals surface area contributed by atoms with Gasteiger partial charge in [0, 0.05) is 35.6 Å². The Bertz CT molecular complexity index is 650. The van der Waals surface area contributed by atoms with E-state index >= 15 is 0 Å². The molecule has 23 heavy (non-hydrogen) atoms. The van der Waals surface area contributed by atoms with Gasteiger partial charge in [-0.15, -0.1) is 0 Å². The SMILES string of the molecule is CS(=O)(=O)N1CCCCN2[C@H](CO)[C@@H](c3ccc(Br)cc3)[C@H]2C1. The molecule has 1 aromatic carbocycles. The number of hydrogen-bond acceptors (Lipinski definition) is 4. The van der Waals surface area contributed by atoms with Gasteiger partial charge >= 0.3 is 0 Å². The molecule has 0 saturated carbocycles. The van der Waals surface area contributed by atoms with Crippen LogP contribution in [0.4, 0.5) is 0 Å². The first-order valence-corrected chi connectivity index (χ1v) is 10.6. The highest BCUT2D eigenvalue weighted by Gasteiger charge is 2.49. The highest BCUT2D eigenvalue weighted by molar-refractivity contribution is 9.10. The molecule has 0 unspecified atom stereocenters. The number of sulfonamides is 1. The largest absolute Gasteiger partial charge is 0.395 e. The predicted molar refractivity (Wildman–Crippen MR) is 93.9 cm³/mol. The van der Waals surface area contributed by atoms with Crippen molar-refractivity contribution in [2.45, 2.75) is 30.8 Å². The van der Waals surface area contributed by atoms with Gasteiger partial charge in [0.15, 0.2) is 0 Å². The van der Waals surface area contributed by atoms with Gasteiger partial charge < -0.3 is 5.11 Å². The van der Waals surface area contributed by atoms with Crippen molar-refractivity contribution < 1.29 is 13.5 Å². The lowest BCUT2D eigenvalue weighted by atomic mass is 9.74.